The number of para-hydroxylation sites is 1. The molecule has 0 atom stereocenters. The van der Waals surface area contributed by atoms with Gasteiger partial charge >= 0.3 is 5.97 Å². The maximum atomic E-state index is 12.5. The Labute approximate surface area is 154 Å². The van der Waals surface area contributed by atoms with Crippen LogP contribution >= 0.6 is 0 Å². The Morgan fingerprint density at radius 3 is 2.50 bits per heavy atom. The zero-order valence-corrected chi connectivity index (χ0v) is 15.4. The van der Waals surface area contributed by atoms with Gasteiger partial charge < -0.3 is 15.6 Å². The van der Waals surface area contributed by atoms with Crippen LogP contribution in [0.1, 0.15) is 48.5 Å². The third kappa shape index (κ3) is 6.24. The Kier molecular flexibility index (Phi) is 7.68. The Bertz CT molecular complexity index is 729. The number of hydrogen-bond acceptors (Lipinski definition) is 5. The summed E-state index contributed by atoms with van der Waals surface area (Å²) in [4.78, 5) is 24.4. The number of unbranched alkanes of at least 4 members (excludes halogenated alkanes) is 2. The average Bonchev–Trinajstić information content (AvgIpc) is 2.64. The van der Waals surface area contributed by atoms with Crippen LogP contribution in [0.5, 0.6) is 0 Å². The largest absolute Gasteiger partial charge is 0.465 e. The summed E-state index contributed by atoms with van der Waals surface area (Å²) in [6, 6.07) is 15.1. The van der Waals surface area contributed by atoms with Gasteiger partial charge in [-0.2, -0.15) is 0 Å². The van der Waals surface area contributed by atoms with Crippen molar-refractivity contribution in [3.63, 3.8) is 0 Å². The SMILES string of the molecule is CCCCCOC(=O)CC(=O)c1ccc(C)cc1NNc1ccccc1. The Balaban J connectivity index is 1.99. The molecule has 0 aliphatic carbocycles. The topological polar surface area (TPSA) is 67.4 Å². The lowest BCUT2D eigenvalue weighted by Crippen LogP contribution is -2.16. The number of esters is 1. The lowest BCUT2D eigenvalue weighted by molar-refractivity contribution is -0.142. The van der Waals surface area contributed by atoms with E-state index in [-0.39, 0.29) is 12.2 Å². The van der Waals surface area contributed by atoms with Crippen LogP contribution in [0, 0.1) is 6.92 Å². The molecule has 2 N–H and O–H groups in total. The normalized spacial score (nSPS) is 10.2. The minimum absolute atomic E-state index is 0.255. The quantitative estimate of drug-likeness (QED) is 0.212. The van der Waals surface area contributed by atoms with Crippen molar-refractivity contribution >= 4 is 23.1 Å². The van der Waals surface area contributed by atoms with Crippen LogP contribution in [0.4, 0.5) is 11.4 Å². The van der Waals surface area contributed by atoms with E-state index in [1.165, 1.54) is 0 Å². The van der Waals surface area contributed by atoms with Gasteiger partial charge in [0.1, 0.15) is 6.42 Å². The van der Waals surface area contributed by atoms with E-state index in [0.29, 0.717) is 17.9 Å². The number of ether oxygens (including phenoxy) is 1. The van der Waals surface area contributed by atoms with Crippen molar-refractivity contribution in [2.75, 3.05) is 17.5 Å². The molecule has 0 fully saturated rings. The van der Waals surface area contributed by atoms with Crippen molar-refractivity contribution in [2.24, 2.45) is 0 Å². The van der Waals surface area contributed by atoms with Gasteiger partial charge in [0.25, 0.3) is 0 Å². The summed E-state index contributed by atoms with van der Waals surface area (Å²) in [7, 11) is 0. The first kappa shape index (κ1) is 19.5. The van der Waals surface area contributed by atoms with Crippen molar-refractivity contribution in [1.29, 1.82) is 0 Å². The molecular formula is C21H26N2O3. The molecule has 2 aromatic carbocycles. The fraction of sp³-hybridized carbons (Fsp3) is 0.333. The number of aryl methyl sites for hydroxylation is 1. The van der Waals surface area contributed by atoms with E-state index >= 15 is 0 Å². The van der Waals surface area contributed by atoms with Crippen LogP contribution < -0.4 is 10.9 Å². The first-order valence-corrected chi connectivity index (χ1v) is 8.96. The smallest absolute Gasteiger partial charge is 0.313 e. The van der Waals surface area contributed by atoms with Gasteiger partial charge in [0.2, 0.25) is 0 Å². The number of ketones is 1. The van der Waals surface area contributed by atoms with Gasteiger partial charge in [0, 0.05) is 5.56 Å². The molecule has 0 aromatic heterocycles. The zero-order chi connectivity index (χ0) is 18.8. The Morgan fingerprint density at radius 1 is 1.00 bits per heavy atom. The van der Waals surface area contributed by atoms with Gasteiger partial charge in [-0.3, -0.25) is 9.59 Å². The van der Waals surface area contributed by atoms with E-state index in [4.69, 9.17) is 4.74 Å². The molecule has 0 saturated heterocycles. The number of anilines is 2. The molecule has 2 aromatic rings. The van der Waals surface area contributed by atoms with Crippen LogP contribution in [0.25, 0.3) is 0 Å². The second kappa shape index (κ2) is 10.2. The van der Waals surface area contributed by atoms with Gasteiger partial charge in [0.15, 0.2) is 5.78 Å². The van der Waals surface area contributed by atoms with Crippen molar-refractivity contribution in [1.82, 2.24) is 0 Å². The summed E-state index contributed by atoms with van der Waals surface area (Å²) in [5.74, 6) is -0.739. The molecule has 2 rings (SSSR count). The summed E-state index contributed by atoms with van der Waals surface area (Å²) < 4.78 is 5.13. The standard InChI is InChI=1S/C21H26N2O3/c1-3-4-8-13-26-21(25)15-20(24)18-12-11-16(2)14-19(18)23-22-17-9-6-5-7-10-17/h5-7,9-12,14,22-23H,3-4,8,13,15H2,1-2H3. The van der Waals surface area contributed by atoms with Crippen LogP contribution in [0.2, 0.25) is 0 Å². The van der Waals surface area contributed by atoms with Gasteiger partial charge in [-0.25, -0.2) is 0 Å². The number of hydrogen-bond donors (Lipinski definition) is 2. The highest BCUT2D eigenvalue weighted by atomic mass is 16.5. The van der Waals surface area contributed by atoms with Crippen LogP contribution in [-0.2, 0) is 9.53 Å². The molecular weight excluding hydrogens is 328 g/mol. The Morgan fingerprint density at radius 2 is 1.77 bits per heavy atom. The van der Waals surface area contributed by atoms with Gasteiger partial charge in [-0.15, -0.1) is 0 Å². The molecule has 0 bridgehead atoms. The van der Waals surface area contributed by atoms with Crippen molar-refractivity contribution < 1.29 is 14.3 Å². The average molecular weight is 354 g/mol. The van der Waals surface area contributed by atoms with E-state index in [1.54, 1.807) is 6.07 Å². The highest BCUT2D eigenvalue weighted by molar-refractivity contribution is 6.09. The number of nitrogens with one attached hydrogen (secondary N) is 2. The monoisotopic (exact) mass is 354 g/mol. The number of benzene rings is 2. The van der Waals surface area contributed by atoms with Crippen molar-refractivity contribution in [3.8, 4) is 0 Å². The molecule has 0 radical (unpaired) electrons. The van der Waals surface area contributed by atoms with E-state index in [1.807, 2.05) is 49.4 Å². The molecule has 0 saturated carbocycles. The third-order valence-corrected chi connectivity index (χ3v) is 3.91. The molecule has 0 aliphatic heterocycles. The fourth-order valence-corrected chi connectivity index (χ4v) is 2.48. The summed E-state index contributed by atoms with van der Waals surface area (Å²) in [6.07, 6.45) is 2.64. The maximum absolute atomic E-state index is 12.5. The minimum atomic E-state index is -0.478. The van der Waals surface area contributed by atoms with Crippen LogP contribution in [0.3, 0.4) is 0 Å². The number of carbonyl (C=O) groups is 2. The third-order valence-electron chi connectivity index (χ3n) is 3.91. The molecule has 5 heteroatoms. The zero-order valence-electron chi connectivity index (χ0n) is 15.4. The first-order chi connectivity index (χ1) is 12.6. The highest BCUT2D eigenvalue weighted by Crippen LogP contribution is 2.20. The maximum Gasteiger partial charge on any atom is 0.313 e. The molecule has 138 valence electrons. The van der Waals surface area contributed by atoms with E-state index in [9.17, 15) is 9.59 Å². The molecule has 0 amide bonds. The van der Waals surface area contributed by atoms with Crippen LogP contribution in [0.15, 0.2) is 48.5 Å². The molecule has 0 aliphatic rings. The summed E-state index contributed by atoms with van der Waals surface area (Å²) in [6.45, 7) is 4.40. The predicted octanol–water partition coefficient (Wildman–Crippen LogP) is 4.74. The predicted molar refractivity (Wildman–Crippen MR) is 104 cm³/mol. The van der Waals surface area contributed by atoms with E-state index < -0.39 is 5.97 Å². The van der Waals surface area contributed by atoms with E-state index in [2.05, 4.69) is 17.8 Å². The fourth-order valence-electron chi connectivity index (χ4n) is 2.48. The second-order valence-corrected chi connectivity index (χ2v) is 6.19. The second-order valence-electron chi connectivity index (χ2n) is 6.19. The summed E-state index contributed by atoms with van der Waals surface area (Å²) in [5.41, 5.74) is 9.12. The van der Waals surface area contributed by atoms with Gasteiger partial charge in [-0.1, -0.05) is 44.0 Å². The number of rotatable bonds is 10. The minimum Gasteiger partial charge on any atom is -0.465 e. The van der Waals surface area contributed by atoms with E-state index in [0.717, 1.165) is 30.5 Å². The first-order valence-electron chi connectivity index (χ1n) is 8.96. The molecule has 5 nitrogen and oxygen atoms in total. The number of Topliss-reactive ketones (excluding diaryl/α,β-unsaturated/α-hetero) is 1. The number of hydrazine groups is 1. The lowest BCUT2D eigenvalue weighted by Gasteiger charge is -2.14. The molecule has 0 spiro atoms. The summed E-state index contributed by atoms with van der Waals surface area (Å²) in [5, 5.41) is 0. The number of carbonyl (C=O) groups excluding carboxylic acids is 2. The van der Waals surface area contributed by atoms with Crippen molar-refractivity contribution in [2.45, 2.75) is 39.5 Å². The summed E-state index contributed by atoms with van der Waals surface area (Å²) >= 11 is 0. The van der Waals surface area contributed by atoms with Crippen LogP contribution in [-0.4, -0.2) is 18.4 Å². The lowest BCUT2D eigenvalue weighted by atomic mass is 10.0. The molecule has 26 heavy (non-hydrogen) atoms. The van der Waals surface area contributed by atoms with Crippen molar-refractivity contribution in [3.05, 3.63) is 59.7 Å². The Hall–Kier alpha value is -2.82. The molecule has 0 unspecified atom stereocenters. The van der Waals surface area contributed by atoms with Gasteiger partial charge in [-0.05, 0) is 43.2 Å². The molecule has 0 heterocycles. The van der Waals surface area contributed by atoms with Gasteiger partial charge in [0.05, 0.1) is 18.0 Å². The highest BCUT2D eigenvalue weighted by Gasteiger charge is 2.16.